The number of phosphoric ester groups is 1. The molecule has 162 valence electrons. The van der Waals surface area contributed by atoms with E-state index in [4.69, 9.17) is 14.5 Å². The maximum absolute atomic E-state index is 11.5. The molecule has 0 radical (unpaired) electrons. The van der Waals surface area contributed by atoms with Crippen molar-refractivity contribution in [3.05, 3.63) is 0 Å². The number of aliphatic hydroxyl groups is 1. The summed E-state index contributed by atoms with van der Waals surface area (Å²) in [6.45, 7) is 1.34. The largest absolute Gasteiger partial charge is 0.469 e. The summed E-state index contributed by atoms with van der Waals surface area (Å²) in [5.41, 5.74) is 0. The molecule has 0 heterocycles. The Morgan fingerprint density at radius 3 is 1.70 bits per heavy atom. The summed E-state index contributed by atoms with van der Waals surface area (Å²) in [7, 11) is -4.61. The first-order chi connectivity index (χ1) is 12.8. The minimum absolute atomic E-state index is 0.295. The predicted octanol–water partition coefficient (Wildman–Crippen LogP) is 4.48. The van der Waals surface area contributed by atoms with Crippen LogP contribution in [-0.4, -0.2) is 40.2 Å². The molecule has 7 nitrogen and oxygen atoms in total. The lowest BCUT2D eigenvalue weighted by atomic mass is 10.0. The standard InChI is InChI=1S/C19H39O7P/c1-2-3-4-5-6-7-8-9-10-11-12-13-14-15-19(21)25-16-18(20)17-26-27(22,23)24/h18,20H,2-17H2,1H3,(H2,22,23,24)/t18-/m0/s1. The monoisotopic (exact) mass is 410 g/mol. The molecular weight excluding hydrogens is 371 g/mol. The first-order valence-electron chi connectivity index (χ1n) is 10.4. The molecule has 0 saturated heterocycles. The highest BCUT2D eigenvalue weighted by Gasteiger charge is 2.17. The number of hydrogen-bond acceptors (Lipinski definition) is 5. The number of esters is 1. The lowest BCUT2D eigenvalue weighted by Crippen LogP contribution is -2.23. The van der Waals surface area contributed by atoms with Gasteiger partial charge in [0.05, 0.1) is 6.61 Å². The first-order valence-corrected chi connectivity index (χ1v) is 11.9. The Bertz CT molecular complexity index is 398. The topological polar surface area (TPSA) is 113 Å². The Hall–Kier alpha value is -0.460. The SMILES string of the molecule is CCCCCCCCCCCCCCCC(=O)OC[C@H](O)COP(=O)(O)O. The van der Waals surface area contributed by atoms with Crippen molar-refractivity contribution in [2.45, 2.75) is 103 Å². The first kappa shape index (κ1) is 26.5. The number of phosphoric acid groups is 1. The summed E-state index contributed by atoms with van der Waals surface area (Å²) in [6, 6.07) is 0. The van der Waals surface area contributed by atoms with Gasteiger partial charge in [-0.15, -0.1) is 0 Å². The summed E-state index contributed by atoms with van der Waals surface area (Å²) in [6.07, 6.45) is 15.1. The highest BCUT2D eigenvalue weighted by molar-refractivity contribution is 7.46. The fourth-order valence-electron chi connectivity index (χ4n) is 2.78. The summed E-state index contributed by atoms with van der Waals surface area (Å²) in [4.78, 5) is 28.5. The van der Waals surface area contributed by atoms with Gasteiger partial charge in [0.2, 0.25) is 0 Å². The Balaban J connectivity index is 3.33. The second-order valence-electron chi connectivity index (χ2n) is 7.12. The number of ether oxygens (including phenoxy) is 1. The number of aliphatic hydroxyl groups excluding tert-OH is 1. The molecule has 0 bridgehead atoms. The van der Waals surface area contributed by atoms with E-state index in [0.717, 1.165) is 19.3 Å². The molecule has 0 aromatic carbocycles. The Morgan fingerprint density at radius 1 is 0.815 bits per heavy atom. The van der Waals surface area contributed by atoms with Crippen LogP contribution in [0, 0.1) is 0 Å². The van der Waals surface area contributed by atoms with Crippen LogP contribution in [0.15, 0.2) is 0 Å². The molecule has 0 aliphatic carbocycles. The van der Waals surface area contributed by atoms with E-state index in [0.29, 0.717) is 6.42 Å². The number of carbonyl (C=O) groups is 1. The van der Waals surface area contributed by atoms with Gasteiger partial charge in [0, 0.05) is 6.42 Å². The van der Waals surface area contributed by atoms with Crippen molar-refractivity contribution >= 4 is 13.8 Å². The van der Waals surface area contributed by atoms with Crippen LogP contribution in [0.4, 0.5) is 0 Å². The van der Waals surface area contributed by atoms with Crippen LogP contribution < -0.4 is 0 Å². The van der Waals surface area contributed by atoms with Gasteiger partial charge in [-0.25, -0.2) is 4.57 Å². The van der Waals surface area contributed by atoms with Crippen molar-refractivity contribution in [3.63, 3.8) is 0 Å². The molecule has 27 heavy (non-hydrogen) atoms. The molecular formula is C19H39O7P. The maximum atomic E-state index is 11.5. The second kappa shape index (κ2) is 17.6. The van der Waals surface area contributed by atoms with Gasteiger partial charge in [-0.05, 0) is 6.42 Å². The van der Waals surface area contributed by atoms with E-state index in [-0.39, 0.29) is 6.61 Å². The third kappa shape index (κ3) is 21.7. The van der Waals surface area contributed by atoms with E-state index in [2.05, 4.69) is 11.4 Å². The molecule has 0 amide bonds. The van der Waals surface area contributed by atoms with E-state index >= 15 is 0 Å². The zero-order chi connectivity index (χ0) is 20.4. The lowest BCUT2D eigenvalue weighted by Gasteiger charge is -2.12. The summed E-state index contributed by atoms with van der Waals surface area (Å²) < 4.78 is 19.5. The van der Waals surface area contributed by atoms with Crippen LogP contribution in [0.5, 0.6) is 0 Å². The molecule has 0 spiro atoms. The molecule has 0 aromatic heterocycles. The van der Waals surface area contributed by atoms with Gasteiger partial charge in [0.1, 0.15) is 12.7 Å². The van der Waals surface area contributed by atoms with Crippen LogP contribution >= 0.6 is 7.82 Å². The van der Waals surface area contributed by atoms with Crippen molar-refractivity contribution in [2.75, 3.05) is 13.2 Å². The molecule has 0 fully saturated rings. The second-order valence-corrected chi connectivity index (χ2v) is 8.36. The molecule has 0 unspecified atom stereocenters. The molecule has 3 N–H and O–H groups in total. The average Bonchev–Trinajstić information content (AvgIpc) is 2.61. The fraction of sp³-hybridized carbons (Fsp3) is 0.947. The number of carbonyl (C=O) groups excluding carboxylic acids is 1. The maximum Gasteiger partial charge on any atom is 0.469 e. The number of unbranched alkanes of at least 4 members (excludes halogenated alkanes) is 12. The highest BCUT2D eigenvalue weighted by Crippen LogP contribution is 2.35. The Morgan fingerprint density at radius 2 is 1.26 bits per heavy atom. The molecule has 1 atom stereocenters. The molecule has 0 aliphatic rings. The normalized spacial score (nSPS) is 12.9. The van der Waals surface area contributed by atoms with Crippen molar-refractivity contribution in [2.24, 2.45) is 0 Å². The third-order valence-electron chi connectivity index (χ3n) is 4.36. The minimum Gasteiger partial charge on any atom is -0.463 e. The van der Waals surface area contributed by atoms with Crippen LogP contribution in [0.2, 0.25) is 0 Å². The highest BCUT2D eigenvalue weighted by atomic mass is 31.2. The smallest absolute Gasteiger partial charge is 0.463 e. The Kier molecular flexibility index (Phi) is 17.3. The molecule has 8 heteroatoms. The zero-order valence-corrected chi connectivity index (χ0v) is 17.7. The van der Waals surface area contributed by atoms with Crippen LogP contribution in [0.25, 0.3) is 0 Å². The average molecular weight is 410 g/mol. The van der Waals surface area contributed by atoms with Crippen molar-refractivity contribution < 1.29 is 33.5 Å². The zero-order valence-electron chi connectivity index (χ0n) is 16.8. The van der Waals surface area contributed by atoms with Crippen LogP contribution in [0.3, 0.4) is 0 Å². The van der Waals surface area contributed by atoms with Crippen molar-refractivity contribution in [1.29, 1.82) is 0 Å². The van der Waals surface area contributed by atoms with E-state index in [1.54, 1.807) is 0 Å². The van der Waals surface area contributed by atoms with Gasteiger partial charge in [0.15, 0.2) is 0 Å². The van der Waals surface area contributed by atoms with E-state index in [9.17, 15) is 14.5 Å². The molecule has 0 rings (SSSR count). The molecule has 0 aliphatic heterocycles. The predicted molar refractivity (Wildman–Crippen MR) is 105 cm³/mol. The summed E-state index contributed by atoms with van der Waals surface area (Å²) in [5, 5.41) is 9.40. The number of hydrogen-bond donors (Lipinski definition) is 3. The van der Waals surface area contributed by atoms with Gasteiger partial charge in [-0.3, -0.25) is 9.32 Å². The molecule has 0 aromatic rings. The van der Waals surface area contributed by atoms with E-state index in [1.165, 1.54) is 64.2 Å². The van der Waals surface area contributed by atoms with Crippen molar-refractivity contribution in [1.82, 2.24) is 0 Å². The van der Waals surface area contributed by atoms with Crippen molar-refractivity contribution in [3.8, 4) is 0 Å². The van der Waals surface area contributed by atoms with Crippen LogP contribution in [0.1, 0.15) is 96.8 Å². The van der Waals surface area contributed by atoms with Gasteiger partial charge in [0.25, 0.3) is 0 Å². The van der Waals surface area contributed by atoms with Gasteiger partial charge < -0.3 is 19.6 Å². The van der Waals surface area contributed by atoms with Gasteiger partial charge in [-0.2, -0.15) is 0 Å². The third-order valence-corrected chi connectivity index (χ3v) is 4.84. The minimum atomic E-state index is -4.61. The molecule has 0 saturated carbocycles. The van der Waals surface area contributed by atoms with Gasteiger partial charge >= 0.3 is 13.8 Å². The quantitative estimate of drug-likeness (QED) is 0.163. The lowest BCUT2D eigenvalue weighted by molar-refractivity contribution is -0.147. The van der Waals surface area contributed by atoms with Gasteiger partial charge in [-0.1, -0.05) is 84.0 Å². The fourth-order valence-corrected chi connectivity index (χ4v) is 3.15. The van der Waals surface area contributed by atoms with E-state index in [1.807, 2.05) is 0 Å². The summed E-state index contributed by atoms with van der Waals surface area (Å²) in [5.74, 6) is -0.409. The van der Waals surface area contributed by atoms with E-state index < -0.39 is 26.5 Å². The number of rotatable bonds is 19. The van der Waals surface area contributed by atoms with Crippen LogP contribution in [-0.2, 0) is 18.6 Å². The Labute approximate surface area is 164 Å². The summed E-state index contributed by atoms with van der Waals surface area (Å²) >= 11 is 0.